The number of amides is 2. The van der Waals surface area contributed by atoms with Crippen molar-refractivity contribution in [2.24, 2.45) is 0 Å². The third-order valence-corrected chi connectivity index (χ3v) is 3.71. The number of carbonyl (C=O) groups excluding carboxylic acids is 2. The van der Waals surface area contributed by atoms with Crippen molar-refractivity contribution in [3.05, 3.63) is 59.7 Å². The van der Waals surface area contributed by atoms with Crippen molar-refractivity contribution >= 4 is 23.2 Å². The van der Waals surface area contributed by atoms with Crippen LogP contribution in [0.15, 0.2) is 48.5 Å². The molecule has 2 aromatic carbocycles. The molecule has 0 fully saturated rings. The van der Waals surface area contributed by atoms with Crippen LogP contribution in [-0.4, -0.2) is 25.4 Å². The minimum Gasteiger partial charge on any atom is -0.326 e. The Morgan fingerprint density at radius 1 is 0.958 bits per heavy atom. The van der Waals surface area contributed by atoms with E-state index in [4.69, 9.17) is 0 Å². The van der Waals surface area contributed by atoms with Crippen LogP contribution in [0.25, 0.3) is 0 Å². The molecule has 2 rings (SSSR count). The van der Waals surface area contributed by atoms with Crippen molar-refractivity contribution in [1.82, 2.24) is 5.32 Å². The minimum atomic E-state index is -0.190. The standard InChI is InChI=1S/C19H23N3O2/c1-14-16(19(24)21-15-8-4-3-5-9-15)10-6-11-17(14)22-18(23)12-7-13-20-2/h3-6,8-11,20H,7,12-13H2,1-2H3,(H,21,24)(H,22,23). The van der Waals surface area contributed by atoms with Gasteiger partial charge >= 0.3 is 0 Å². The van der Waals surface area contributed by atoms with Gasteiger partial charge in [0.2, 0.25) is 5.91 Å². The molecular weight excluding hydrogens is 302 g/mol. The van der Waals surface area contributed by atoms with Crippen molar-refractivity contribution in [3.63, 3.8) is 0 Å². The second-order valence-corrected chi connectivity index (χ2v) is 5.55. The highest BCUT2D eigenvalue weighted by Gasteiger charge is 2.13. The number of carbonyl (C=O) groups is 2. The number of hydrogen-bond donors (Lipinski definition) is 3. The molecular formula is C19H23N3O2. The van der Waals surface area contributed by atoms with Crippen LogP contribution in [0.3, 0.4) is 0 Å². The van der Waals surface area contributed by atoms with Gasteiger partial charge in [0.25, 0.3) is 5.91 Å². The molecule has 0 aliphatic carbocycles. The van der Waals surface area contributed by atoms with Gasteiger partial charge in [-0.3, -0.25) is 9.59 Å². The predicted molar refractivity (Wildman–Crippen MR) is 97.4 cm³/mol. The molecule has 0 saturated carbocycles. The van der Waals surface area contributed by atoms with Crippen LogP contribution in [0, 0.1) is 6.92 Å². The van der Waals surface area contributed by atoms with Gasteiger partial charge in [-0.2, -0.15) is 0 Å². The summed E-state index contributed by atoms with van der Waals surface area (Å²) in [5.74, 6) is -0.237. The average Bonchev–Trinajstić information content (AvgIpc) is 2.58. The van der Waals surface area contributed by atoms with Crippen LogP contribution in [-0.2, 0) is 4.79 Å². The number of para-hydroxylation sites is 1. The topological polar surface area (TPSA) is 70.2 Å². The molecule has 0 spiro atoms. The molecule has 126 valence electrons. The third-order valence-electron chi connectivity index (χ3n) is 3.71. The Morgan fingerprint density at radius 2 is 1.71 bits per heavy atom. The van der Waals surface area contributed by atoms with Crippen molar-refractivity contribution in [2.45, 2.75) is 19.8 Å². The molecule has 5 heteroatoms. The maximum absolute atomic E-state index is 12.5. The van der Waals surface area contributed by atoms with Gasteiger partial charge in [0.15, 0.2) is 0 Å². The molecule has 0 radical (unpaired) electrons. The summed E-state index contributed by atoms with van der Waals surface area (Å²) in [6.07, 6.45) is 1.22. The molecule has 0 aromatic heterocycles. The molecule has 2 aromatic rings. The van der Waals surface area contributed by atoms with E-state index in [9.17, 15) is 9.59 Å². The van der Waals surface area contributed by atoms with E-state index in [1.54, 1.807) is 12.1 Å². The van der Waals surface area contributed by atoms with Gasteiger partial charge in [-0.05, 0) is 56.8 Å². The Balaban J connectivity index is 2.07. The maximum Gasteiger partial charge on any atom is 0.256 e. The van der Waals surface area contributed by atoms with Crippen LogP contribution in [0.1, 0.15) is 28.8 Å². The highest BCUT2D eigenvalue weighted by molar-refractivity contribution is 6.06. The van der Waals surface area contributed by atoms with Crippen molar-refractivity contribution in [1.29, 1.82) is 0 Å². The summed E-state index contributed by atoms with van der Waals surface area (Å²) in [5, 5.41) is 8.76. The summed E-state index contributed by atoms with van der Waals surface area (Å²) >= 11 is 0. The Bertz CT molecular complexity index is 699. The van der Waals surface area contributed by atoms with E-state index in [1.165, 1.54) is 0 Å². The monoisotopic (exact) mass is 325 g/mol. The average molecular weight is 325 g/mol. The molecule has 0 unspecified atom stereocenters. The lowest BCUT2D eigenvalue weighted by Gasteiger charge is -2.13. The molecule has 0 aliphatic heterocycles. The zero-order chi connectivity index (χ0) is 17.4. The van der Waals surface area contributed by atoms with Crippen LogP contribution in [0.5, 0.6) is 0 Å². The Morgan fingerprint density at radius 3 is 2.42 bits per heavy atom. The predicted octanol–water partition coefficient (Wildman–Crippen LogP) is 3.19. The SMILES string of the molecule is CNCCCC(=O)Nc1cccc(C(=O)Nc2ccccc2)c1C. The molecule has 3 N–H and O–H groups in total. The van der Waals surface area contributed by atoms with Crippen molar-refractivity contribution in [3.8, 4) is 0 Å². The largest absolute Gasteiger partial charge is 0.326 e. The lowest BCUT2D eigenvalue weighted by molar-refractivity contribution is -0.116. The highest BCUT2D eigenvalue weighted by atomic mass is 16.2. The zero-order valence-corrected chi connectivity index (χ0v) is 14.1. The lowest BCUT2D eigenvalue weighted by Crippen LogP contribution is -2.18. The van der Waals surface area contributed by atoms with E-state index in [-0.39, 0.29) is 11.8 Å². The second kappa shape index (κ2) is 8.84. The van der Waals surface area contributed by atoms with Gasteiger partial charge in [0, 0.05) is 23.4 Å². The summed E-state index contributed by atoms with van der Waals surface area (Å²) in [5.41, 5.74) is 2.72. The van der Waals surface area contributed by atoms with Gasteiger partial charge in [0.05, 0.1) is 0 Å². The number of nitrogens with one attached hydrogen (secondary N) is 3. The van der Waals surface area contributed by atoms with E-state index >= 15 is 0 Å². The molecule has 0 heterocycles. The molecule has 0 atom stereocenters. The maximum atomic E-state index is 12.5. The fraction of sp³-hybridized carbons (Fsp3) is 0.263. The first-order chi connectivity index (χ1) is 11.6. The first kappa shape index (κ1) is 17.7. The first-order valence-corrected chi connectivity index (χ1v) is 8.02. The van der Waals surface area contributed by atoms with Gasteiger partial charge in [-0.1, -0.05) is 24.3 Å². The van der Waals surface area contributed by atoms with Gasteiger partial charge in [-0.15, -0.1) is 0 Å². The van der Waals surface area contributed by atoms with Crippen LogP contribution >= 0.6 is 0 Å². The van der Waals surface area contributed by atoms with Crippen LogP contribution in [0.4, 0.5) is 11.4 Å². The third kappa shape index (κ3) is 4.93. The Labute approximate surface area is 142 Å². The summed E-state index contributed by atoms with van der Waals surface area (Å²) < 4.78 is 0. The summed E-state index contributed by atoms with van der Waals surface area (Å²) in [6, 6.07) is 14.6. The highest BCUT2D eigenvalue weighted by Crippen LogP contribution is 2.20. The molecule has 5 nitrogen and oxygen atoms in total. The molecule has 0 bridgehead atoms. The Kier molecular flexibility index (Phi) is 6.51. The number of benzene rings is 2. The normalized spacial score (nSPS) is 10.2. The summed E-state index contributed by atoms with van der Waals surface area (Å²) in [7, 11) is 1.86. The van der Waals surface area contributed by atoms with E-state index < -0.39 is 0 Å². The first-order valence-electron chi connectivity index (χ1n) is 8.02. The van der Waals surface area contributed by atoms with Crippen molar-refractivity contribution in [2.75, 3.05) is 24.2 Å². The number of hydrogen-bond acceptors (Lipinski definition) is 3. The van der Waals surface area contributed by atoms with E-state index in [0.29, 0.717) is 17.7 Å². The van der Waals surface area contributed by atoms with Gasteiger partial charge < -0.3 is 16.0 Å². The number of anilines is 2. The zero-order valence-electron chi connectivity index (χ0n) is 14.1. The fourth-order valence-corrected chi connectivity index (χ4v) is 2.38. The van der Waals surface area contributed by atoms with Crippen LogP contribution in [0.2, 0.25) is 0 Å². The fourth-order valence-electron chi connectivity index (χ4n) is 2.38. The van der Waals surface area contributed by atoms with Crippen molar-refractivity contribution < 1.29 is 9.59 Å². The molecule has 24 heavy (non-hydrogen) atoms. The quantitative estimate of drug-likeness (QED) is 0.685. The minimum absolute atomic E-state index is 0.0473. The lowest BCUT2D eigenvalue weighted by atomic mass is 10.1. The van der Waals surface area contributed by atoms with Gasteiger partial charge in [0.1, 0.15) is 0 Å². The molecule has 0 aliphatic rings. The van der Waals surface area contributed by atoms with E-state index in [2.05, 4.69) is 16.0 Å². The van der Waals surface area contributed by atoms with Gasteiger partial charge in [-0.25, -0.2) is 0 Å². The van der Waals surface area contributed by atoms with E-state index in [0.717, 1.165) is 24.2 Å². The summed E-state index contributed by atoms with van der Waals surface area (Å²) in [4.78, 5) is 24.4. The molecule has 0 saturated heterocycles. The smallest absolute Gasteiger partial charge is 0.256 e. The second-order valence-electron chi connectivity index (χ2n) is 5.55. The molecule has 2 amide bonds. The summed E-state index contributed by atoms with van der Waals surface area (Å²) in [6.45, 7) is 2.63. The van der Waals surface area contributed by atoms with E-state index in [1.807, 2.05) is 50.4 Å². The number of rotatable bonds is 7. The Hall–Kier alpha value is -2.66. The van der Waals surface area contributed by atoms with Crippen LogP contribution < -0.4 is 16.0 Å².